The van der Waals surface area contributed by atoms with Crippen molar-refractivity contribution >= 4 is 22.5 Å². The minimum Gasteiger partial charge on any atom is -0.481 e. The maximum atomic E-state index is 13.8. The van der Waals surface area contributed by atoms with Gasteiger partial charge in [0.1, 0.15) is 5.82 Å². The van der Waals surface area contributed by atoms with E-state index in [1.165, 1.54) is 4.40 Å². The molecule has 3 aromatic rings. The van der Waals surface area contributed by atoms with E-state index in [9.17, 15) is 14.0 Å². The first-order chi connectivity index (χ1) is 9.58. The number of hydrogen-bond donors (Lipinski definition) is 2. The smallest absolute Gasteiger partial charge is 0.303 e. The molecule has 0 aliphatic rings. The minimum atomic E-state index is -1.00. The summed E-state index contributed by atoms with van der Waals surface area (Å²) in [5, 5.41) is 8.72. The van der Waals surface area contributed by atoms with Gasteiger partial charge in [-0.15, -0.1) is 0 Å². The van der Waals surface area contributed by atoms with Crippen molar-refractivity contribution in [1.29, 1.82) is 0 Å². The molecule has 0 aliphatic heterocycles. The second-order valence-electron chi connectivity index (χ2n) is 4.37. The van der Waals surface area contributed by atoms with E-state index in [0.29, 0.717) is 11.0 Å². The Labute approximate surface area is 111 Å². The normalized spacial score (nSPS) is 11.2. The molecule has 102 valence electrons. The maximum absolute atomic E-state index is 13.8. The van der Waals surface area contributed by atoms with Crippen molar-refractivity contribution in [1.82, 2.24) is 14.4 Å². The number of benzene rings is 1. The van der Waals surface area contributed by atoms with Crippen LogP contribution in [-0.2, 0) is 11.2 Å². The number of imidazole rings is 1. The monoisotopic (exact) mass is 275 g/mol. The molecule has 20 heavy (non-hydrogen) atoms. The number of aryl methyl sites for hydroxylation is 1. The number of halogens is 1. The van der Waals surface area contributed by atoms with E-state index in [1.54, 1.807) is 24.3 Å². The van der Waals surface area contributed by atoms with E-state index in [2.05, 4.69) is 9.97 Å². The lowest BCUT2D eigenvalue weighted by Crippen LogP contribution is -2.12. The van der Waals surface area contributed by atoms with Crippen LogP contribution < -0.4 is 5.56 Å². The summed E-state index contributed by atoms with van der Waals surface area (Å²) in [5.74, 6) is -1.67. The van der Waals surface area contributed by atoms with Gasteiger partial charge in [-0.25, -0.2) is 4.98 Å². The molecule has 0 spiro atoms. The summed E-state index contributed by atoms with van der Waals surface area (Å²) in [6, 6.07) is 6.89. The third-order valence-corrected chi connectivity index (χ3v) is 3.08. The summed E-state index contributed by atoms with van der Waals surface area (Å²) in [4.78, 5) is 28.8. The Morgan fingerprint density at radius 1 is 1.40 bits per heavy atom. The summed E-state index contributed by atoms with van der Waals surface area (Å²) in [6.45, 7) is 0. The number of carboxylic acid groups (broad SMARTS) is 1. The number of nitrogens with one attached hydrogen (secondary N) is 1. The molecular formula is C13H10FN3O3. The SMILES string of the molecule is O=C(O)CCc1nc(F)c2c(=O)[nH]c3ccccc3n12. The van der Waals surface area contributed by atoms with E-state index < -0.39 is 17.5 Å². The highest BCUT2D eigenvalue weighted by molar-refractivity contribution is 5.78. The van der Waals surface area contributed by atoms with Gasteiger partial charge >= 0.3 is 5.97 Å². The third kappa shape index (κ3) is 1.83. The summed E-state index contributed by atoms with van der Waals surface area (Å²) in [6.07, 6.45) is -0.131. The molecule has 6 nitrogen and oxygen atoms in total. The second-order valence-corrected chi connectivity index (χ2v) is 4.37. The molecule has 7 heteroatoms. The lowest BCUT2D eigenvalue weighted by molar-refractivity contribution is -0.137. The summed E-state index contributed by atoms with van der Waals surface area (Å²) < 4.78 is 15.2. The molecule has 1 aromatic carbocycles. The number of carbonyl (C=O) groups is 1. The van der Waals surface area contributed by atoms with E-state index in [-0.39, 0.29) is 24.2 Å². The van der Waals surface area contributed by atoms with Crippen LogP contribution in [0.3, 0.4) is 0 Å². The van der Waals surface area contributed by atoms with E-state index in [1.807, 2.05) is 0 Å². The lowest BCUT2D eigenvalue weighted by atomic mass is 10.2. The van der Waals surface area contributed by atoms with Crippen LogP contribution in [0.4, 0.5) is 4.39 Å². The first-order valence-electron chi connectivity index (χ1n) is 5.97. The lowest BCUT2D eigenvalue weighted by Gasteiger charge is -2.04. The topological polar surface area (TPSA) is 87.5 Å². The summed E-state index contributed by atoms with van der Waals surface area (Å²) >= 11 is 0. The van der Waals surface area contributed by atoms with Crippen molar-refractivity contribution in [2.45, 2.75) is 12.8 Å². The number of hydrogen-bond acceptors (Lipinski definition) is 3. The number of aliphatic carboxylic acids is 1. The number of nitrogens with zero attached hydrogens (tertiary/aromatic N) is 2. The first-order valence-corrected chi connectivity index (χ1v) is 5.97. The molecule has 0 bridgehead atoms. The Balaban J connectivity index is 2.36. The summed E-state index contributed by atoms with van der Waals surface area (Å²) in [5.41, 5.74) is 0.345. The van der Waals surface area contributed by atoms with Gasteiger partial charge in [-0.3, -0.25) is 14.0 Å². The van der Waals surface area contributed by atoms with Crippen LogP contribution in [0.15, 0.2) is 29.1 Å². The Kier molecular flexibility index (Phi) is 2.74. The molecule has 2 heterocycles. The Bertz CT molecular complexity index is 882. The fourth-order valence-corrected chi connectivity index (χ4v) is 2.23. The average molecular weight is 275 g/mol. The highest BCUT2D eigenvalue weighted by Gasteiger charge is 2.17. The molecule has 0 saturated heterocycles. The van der Waals surface area contributed by atoms with Crippen LogP contribution >= 0.6 is 0 Å². The summed E-state index contributed by atoms with van der Waals surface area (Å²) in [7, 11) is 0. The van der Waals surface area contributed by atoms with Crippen LogP contribution in [0, 0.1) is 5.95 Å². The quantitative estimate of drug-likeness (QED) is 0.755. The van der Waals surface area contributed by atoms with E-state index >= 15 is 0 Å². The zero-order valence-corrected chi connectivity index (χ0v) is 10.3. The standard InChI is InChI=1S/C13H10FN3O3/c14-12-11-13(20)15-7-3-1-2-4-8(7)17(11)9(16-12)5-6-10(18)19/h1-4H,5-6H2,(H,15,20)(H,18,19). The van der Waals surface area contributed by atoms with E-state index in [0.717, 1.165) is 0 Å². The third-order valence-electron chi connectivity index (χ3n) is 3.08. The molecule has 0 fully saturated rings. The zero-order chi connectivity index (χ0) is 14.3. The number of aromatic nitrogens is 3. The minimum absolute atomic E-state index is 0.0495. The Hall–Kier alpha value is -2.70. The number of rotatable bonds is 3. The number of aromatic amines is 1. The highest BCUT2D eigenvalue weighted by Crippen LogP contribution is 2.17. The van der Waals surface area contributed by atoms with E-state index in [4.69, 9.17) is 5.11 Å². The molecule has 0 radical (unpaired) electrons. The molecule has 2 N–H and O–H groups in total. The zero-order valence-electron chi connectivity index (χ0n) is 10.3. The van der Waals surface area contributed by atoms with Crippen molar-refractivity contribution in [3.63, 3.8) is 0 Å². The van der Waals surface area contributed by atoms with Crippen molar-refractivity contribution in [2.75, 3.05) is 0 Å². The maximum Gasteiger partial charge on any atom is 0.303 e. The fourth-order valence-electron chi connectivity index (χ4n) is 2.23. The van der Waals surface area contributed by atoms with Crippen LogP contribution in [0.25, 0.3) is 16.6 Å². The van der Waals surface area contributed by atoms with Crippen LogP contribution in [0.5, 0.6) is 0 Å². The predicted octanol–water partition coefficient (Wildman–Crippen LogP) is 1.33. The molecule has 0 aliphatic carbocycles. The average Bonchev–Trinajstić information content (AvgIpc) is 2.74. The van der Waals surface area contributed by atoms with Crippen LogP contribution in [0.2, 0.25) is 0 Å². The molecule has 3 rings (SSSR count). The first kappa shape index (κ1) is 12.3. The number of para-hydroxylation sites is 2. The molecule has 0 unspecified atom stereocenters. The molecule has 0 saturated carbocycles. The van der Waals surface area contributed by atoms with Crippen molar-refractivity contribution in [3.05, 3.63) is 46.4 Å². The van der Waals surface area contributed by atoms with Crippen LogP contribution in [0.1, 0.15) is 12.2 Å². The van der Waals surface area contributed by atoms with Gasteiger partial charge in [-0.05, 0) is 12.1 Å². The van der Waals surface area contributed by atoms with Gasteiger partial charge in [0, 0.05) is 6.42 Å². The number of H-pyrrole nitrogens is 1. The molecule has 0 amide bonds. The largest absolute Gasteiger partial charge is 0.481 e. The van der Waals surface area contributed by atoms with Gasteiger partial charge in [-0.1, -0.05) is 12.1 Å². The van der Waals surface area contributed by atoms with Gasteiger partial charge in [0.05, 0.1) is 17.5 Å². The van der Waals surface area contributed by atoms with Crippen molar-refractivity contribution < 1.29 is 14.3 Å². The number of fused-ring (bicyclic) bond motifs is 3. The highest BCUT2D eigenvalue weighted by atomic mass is 19.1. The van der Waals surface area contributed by atoms with Crippen molar-refractivity contribution in [3.8, 4) is 0 Å². The van der Waals surface area contributed by atoms with Gasteiger partial charge in [0.15, 0.2) is 5.52 Å². The second kappa shape index (κ2) is 4.44. The van der Waals surface area contributed by atoms with Gasteiger partial charge < -0.3 is 10.1 Å². The van der Waals surface area contributed by atoms with Gasteiger partial charge in [-0.2, -0.15) is 4.39 Å². The molecule has 0 atom stereocenters. The Morgan fingerprint density at radius 2 is 2.15 bits per heavy atom. The van der Waals surface area contributed by atoms with Gasteiger partial charge in [0.25, 0.3) is 5.56 Å². The molecule has 2 aromatic heterocycles. The fraction of sp³-hybridized carbons (Fsp3) is 0.154. The predicted molar refractivity (Wildman–Crippen MR) is 69.2 cm³/mol. The van der Waals surface area contributed by atoms with Gasteiger partial charge in [0.2, 0.25) is 5.95 Å². The van der Waals surface area contributed by atoms with Crippen LogP contribution in [-0.4, -0.2) is 25.4 Å². The molecular weight excluding hydrogens is 265 g/mol. The Morgan fingerprint density at radius 3 is 2.90 bits per heavy atom. The van der Waals surface area contributed by atoms with Crippen molar-refractivity contribution in [2.24, 2.45) is 0 Å². The number of carboxylic acids is 1.